The van der Waals surface area contributed by atoms with E-state index in [4.69, 9.17) is 0 Å². The van der Waals surface area contributed by atoms with Crippen LogP contribution in [0.2, 0.25) is 0 Å². The van der Waals surface area contributed by atoms with Crippen LogP contribution in [-0.2, 0) is 5.41 Å². The van der Waals surface area contributed by atoms with Crippen LogP contribution in [0.15, 0.2) is 109 Å². The van der Waals surface area contributed by atoms with E-state index in [1.807, 2.05) is 0 Å². The van der Waals surface area contributed by atoms with Crippen LogP contribution in [0.25, 0.3) is 33.0 Å². The summed E-state index contributed by atoms with van der Waals surface area (Å²) >= 11 is 0. The second kappa shape index (κ2) is 7.10. The van der Waals surface area contributed by atoms with Gasteiger partial charge in [-0.3, -0.25) is 0 Å². The van der Waals surface area contributed by atoms with Gasteiger partial charge in [0.25, 0.3) is 0 Å². The third-order valence-corrected chi connectivity index (χ3v) is 6.84. The van der Waals surface area contributed by atoms with Gasteiger partial charge in [0.2, 0.25) is 0 Å². The van der Waals surface area contributed by atoms with Crippen LogP contribution < -0.4 is 5.32 Å². The number of benzene rings is 5. The molecule has 0 radical (unpaired) electrons. The molecule has 5 aromatic rings. The molecule has 0 bridgehead atoms. The molecule has 0 fully saturated rings. The van der Waals surface area contributed by atoms with Gasteiger partial charge in [-0.05, 0) is 74.5 Å². The van der Waals surface area contributed by atoms with Crippen molar-refractivity contribution in [1.29, 1.82) is 0 Å². The van der Waals surface area contributed by atoms with Crippen LogP contribution in [0.1, 0.15) is 25.0 Å². The van der Waals surface area contributed by atoms with Crippen LogP contribution in [0.4, 0.5) is 11.4 Å². The summed E-state index contributed by atoms with van der Waals surface area (Å²) in [6.45, 7) is 4.66. The zero-order valence-electron chi connectivity index (χ0n) is 18.4. The summed E-state index contributed by atoms with van der Waals surface area (Å²) in [6.07, 6.45) is 0. The summed E-state index contributed by atoms with van der Waals surface area (Å²) in [5.41, 5.74) is 10.3. The zero-order chi connectivity index (χ0) is 21.7. The molecule has 1 N–H and O–H groups in total. The summed E-state index contributed by atoms with van der Waals surface area (Å²) in [5.74, 6) is 0. The van der Waals surface area contributed by atoms with Gasteiger partial charge in [-0.15, -0.1) is 0 Å². The highest BCUT2D eigenvalue weighted by Crippen LogP contribution is 2.49. The van der Waals surface area contributed by atoms with Crippen LogP contribution >= 0.6 is 0 Å². The van der Waals surface area contributed by atoms with Crippen LogP contribution in [0.5, 0.6) is 0 Å². The molecule has 0 saturated heterocycles. The Hall–Kier alpha value is -3.84. The fraction of sp³-hybridized carbons (Fsp3) is 0.0968. The van der Waals surface area contributed by atoms with Crippen molar-refractivity contribution in [3.05, 3.63) is 120 Å². The van der Waals surface area contributed by atoms with Crippen molar-refractivity contribution in [3.8, 4) is 22.3 Å². The Morgan fingerprint density at radius 1 is 0.500 bits per heavy atom. The molecule has 0 aromatic heterocycles. The maximum atomic E-state index is 3.54. The lowest BCUT2D eigenvalue weighted by atomic mass is 9.81. The van der Waals surface area contributed by atoms with Gasteiger partial charge in [0.15, 0.2) is 0 Å². The molecule has 0 amide bonds. The van der Waals surface area contributed by atoms with Gasteiger partial charge in [0.1, 0.15) is 0 Å². The van der Waals surface area contributed by atoms with Gasteiger partial charge in [-0.2, -0.15) is 0 Å². The van der Waals surface area contributed by atoms with E-state index in [1.54, 1.807) is 0 Å². The molecule has 0 atom stereocenters. The molecule has 1 nitrogen and oxygen atoms in total. The highest BCUT2D eigenvalue weighted by Gasteiger charge is 2.35. The van der Waals surface area contributed by atoms with Crippen LogP contribution in [-0.4, -0.2) is 0 Å². The Bertz CT molecular complexity index is 1460. The molecule has 6 rings (SSSR count). The monoisotopic (exact) mass is 411 g/mol. The van der Waals surface area contributed by atoms with Crippen molar-refractivity contribution in [2.24, 2.45) is 0 Å². The number of fused-ring (bicyclic) bond motifs is 4. The molecule has 154 valence electrons. The minimum atomic E-state index is 0.0273. The van der Waals surface area contributed by atoms with E-state index in [2.05, 4.69) is 128 Å². The second-order valence-electron chi connectivity index (χ2n) is 9.20. The standard InChI is InChI=1S/C31H25N/c1-31(2)29-10-6-5-9-27(29)28-18-14-24(20-30(28)31)22-11-15-25(16-12-22)32-26-17-13-21-7-3-4-8-23(21)19-26/h3-20,32H,1-2H3. The van der Waals surface area contributed by atoms with E-state index < -0.39 is 0 Å². The fourth-order valence-corrected chi connectivity index (χ4v) is 5.06. The molecule has 0 spiro atoms. The van der Waals surface area contributed by atoms with Gasteiger partial charge < -0.3 is 5.32 Å². The highest BCUT2D eigenvalue weighted by molar-refractivity contribution is 5.87. The van der Waals surface area contributed by atoms with Crippen molar-refractivity contribution in [1.82, 2.24) is 0 Å². The number of hydrogen-bond acceptors (Lipinski definition) is 1. The predicted molar refractivity (Wildman–Crippen MR) is 137 cm³/mol. The molecule has 0 unspecified atom stereocenters. The van der Waals surface area contributed by atoms with Gasteiger partial charge >= 0.3 is 0 Å². The van der Waals surface area contributed by atoms with Crippen molar-refractivity contribution < 1.29 is 0 Å². The Kier molecular flexibility index (Phi) is 4.19. The normalized spacial score (nSPS) is 13.6. The number of rotatable bonds is 3. The van der Waals surface area contributed by atoms with E-state index in [1.165, 1.54) is 44.2 Å². The zero-order valence-corrected chi connectivity index (χ0v) is 18.4. The van der Waals surface area contributed by atoms with E-state index in [9.17, 15) is 0 Å². The summed E-state index contributed by atoms with van der Waals surface area (Å²) < 4.78 is 0. The van der Waals surface area contributed by atoms with Crippen LogP contribution in [0.3, 0.4) is 0 Å². The lowest BCUT2D eigenvalue weighted by molar-refractivity contribution is 0.660. The Morgan fingerprint density at radius 2 is 1.16 bits per heavy atom. The highest BCUT2D eigenvalue weighted by atomic mass is 14.9. The van der Waals surface area contributed by atoms with Crippen LogP contribution in [0, 0.1) is 0 Å². The summed E-state index contributed by atoms with van der Waals surface area (Å²) in [7, 11) is 0. The summed E-state index contributed by atoms with van der Waals surface area (Å²) in [6, 6.07) is 39.4. The van der Waals surface area contributed by atoms with E-state index >= 15 is 0 Å². The minimum absolute atomic E-state index is 0.0273. The van der Waals surface area contributed by atoms with Gasteiger partial charge in [-0.1, -0.05) is 92.7 Å². The molecule has 32 heavy (non-hydrogen) atoms. The Labute approximate surface area is 189 Å². The third kappa shape index (κ3) is 3.01. The lowest BCUT2D eigenvalue weighted by Crippen LogP contribution is -2.14. The quantitative estimate of drug-likeness (QED) is 0.313. The Morgan fingerprint density at radius 3 is 2.00 bits per heavy atom. The maximum absolute atomic E-state index is 3.54. The molecular formula is C31H25N. The maximum Gasteiger partial charge on any atom is 0.0390 e. The van der Waals surface area contributed by atoms with Gasteiger partial charge in [-0.25, -0.2) is 0 Å². The molecule has 0 heterocycles. The molecule has 5 aromatic carbocycles. The summed E-state index contributed by atoms with van der Waals surface area (Å²) in [5, 5.41) is 6.05. The molecule has 0 aliphatic heterocycles. The van der Waals surface area contributed by atoms with E-state index in [0.717, 1.165) is 11.4 Å². The minimum Gasteiger partial charge on any atom is -0.356 e. The number of hydrogen-bond donors (Lipinski definition) is 1. The largest absolute Gasteiger partial charge is 0.356 e. The first-order valence-corrected chi connectivity index (χ1v) is 11.2. The molecule has 1 aliphatic carbocycles. The smallest absolute Gasteiger partial charge is 0.0390 e. The SMILES string of the molecule is CC1(C)c2ccccc2-c2ccc(-c3ccc(Nc4ccc5ccccc5c4)cc3)cc21. The van der Waals surface area contributed by atoms with Crippen molar-refractivity contribution in [3.63, 3.8) is 0 Å². The van der Waals surface area contributed by atoms with E-state index in [0.29, 0.717) is 0 Å². The molecule has 1 heteroatoms. The third-order valence-electron chi connectivity index (χ3n) is 6.84. The second-order valence-corrected chi connectivity index (χ2v) is 9.20. The Balaban J connectivity index is 1.29. The van der Waals surface area contributed by atoms with Crippen molar-refractivity contribution >= 4 is 22.1 Å². The predicted octanol–water partition coefficient (Wildman–Crippen LogP) is 8.56. The van der Waals surface area contributed by atoms with Gasteiger partial charge in [0, 0.05) is 16.8 Å². The first kappa shape index (κ1) is 18.9. The molecule has 0 saturated carbocycles. The number of anilines is 2. The topological polar surface area (TPSA) is 12.0 Å². The average molecular weight is 412 g/mol. The summed E-state index contributed by atoms with van der Waals surface area (Å²) in [4.78, 5) is 0. The fourth-order valence-electron chi connectivity index (χ4n) is 5.06. The van der Waals surface area contributed by atoms with Crippen molar-refractivity contribution in [2.75, 3.05) is 5.32 Å². The molecule has 1 aliphatic rings. The van der Waals surface area contributed by atoms with Gasteiger partial charge in [0.05, 0.1) is 0 Å². The van der Waals surface area contributed by atoms with Crippen molar-refractivity contribution in [2.45, 2.75) is 19.3 Å². The number of nitrogens with one attached hydrogen (secondary N) is 1. The first-order chi connectivity index (χ1) is 15.6. The average Bonchev–Trinajstić information content (AvgIpc) is 3.06. The molecular weight excluding hydrogens is 386 g/mol. The lowest BCUT2D eigenvalue weighted by Gasteiger charge is -2.22. The first-order valence-electron chi connectivity index (χ1n) is 11.2. The van der Waals surface area contributed by atoms with E-state index in [-0.39, 0.29) is 5.41 Å².